The highest BCUT2D eigenvalue weighted by Crippen LogP contribution is 1.86. The van der Waals surface area contributed by atoms with Gasteiger partial charge in [0.15, 0.2) is 0 Å². The number of ether oxygens (including phenoxy) is 1. The van der Waals surface area contributed by atoms with Crippen LogP contribution in [0.15, 0.2) is 0 Å². The van der Waals surface area contributed by atoms with Crippen LogP contribution in [0.25, 0.3) is 0 Å². The molecule has 0 radical (unpaired) electrons. The summed E-state index contributed by atoms with van der Waals surface area (Å²) >= 11 is 0. The maximum atomic E-state index is 11.0. The summed E-state index contributed by atoms with van der Waals surface area (Å²) in [6, 6.07) is -0.272. The summed E-state index contributed by atoms with van der Waals surface area (Å²) < 4.78 is 4.78. The molecule has 1 unspecified atom stereocenters. The van der Waals surface area contributed by atoms with E-state index in [1.165, 1.54) is 0 Å². The Morgan fingerprint density at radius 2 is 2.33 bits per heavy atom. The second-order valence-corrected chi connectivity index (χ2v) is 2.28. The van der Waals surface area contributed by atoms with E-state index in [0.29, 0.717) is 13.2 Å². The van der Waals surface area contributed by atoms with Crippen molar-refractivity contribution in [2.45, 2.75) is 26.8 Å². The van der Waals surface area contributed by atoms with Gasteiger partial charge in [-0.15, -0.1) is 5.92 Å². The number of rotatable bonds is 4. The fourth-order valence-electron chi connectivity index (χ4n) is 0.643. The number of carbonyl (C=O) groups excluding carboxylic acids is 1. The Labute approximate surface area is 73.5 Å². The predicted molar refractivity (Wildman–Crippen MR) is 47.5 cm³/mol. The van der Waals surface area contributed by atoms with Crippen molar-refractivity contribution in [3.05, 3.63) is 0 Å². The van der Waals surface area contributed by atoms with E-state index in [-0.39, 0.29) is 12.0 Å². The zero-order valence-corrected chi connectivity index (χ0v) is 7.81. The molecular formula is C9H15NO2. The molecule has 68 valence electrons. The lowest BCUT2D eigenvalue weighted by Crippen LogP contribution is -2.35. The van der Waals surface area contributed by atoms with Crippen molar-refractivity contribution >= 4 is 5.97 Å². The van der Waals surface area contributed by atoms with Crippen molar-refractivity contribution in [1.29, 1.82) is 0 Å². The average molecular weight is 169 g/mol. The Morgan fingerprint density at radius 1 is 1.67 bits per heavy atom. The van der Waals surface area contributed by atoms with Crippen molar-refractivity contribution in [1.82, 2.24) is 5.32 Å². The standard InChI is InChI=1S/C9H15NO2/c1-4-6-7-10-8(3)9(11)12-5-2/h8,10H,5,7H2,1-3H3. The summed E-state index contributed by atoms with van der Waals surface area (Å²) in [5.41, 5.74) is 0. The number of nitrogens with one attached hydrogen (secondary N) is 1. The van der Waals surface area contributed by atoms with E-state index in [2.05, 4.69) is 17.2 Å². The third-order valence-corrected chi connectivity index (χ3v) is 1.31. The van der Waals surface area contributed by atoms with Crippen LogP contribution in [0.5, 0.6) is 0 Å². The highest BCUT2D eigenvalue weighted by atomic mass is 16.5. The van der Waals surface area contributed by atoms with Crippen LogP contribution >= 0.6 is 0 Å². The zero-order valence-electron chi connectivity index (χ0n) is 7.81. The van der Waals surface area contributed by atoms with Crippen LogP contribution < -0.4 is 5.32 Å². The predicted octanol–water partition coefficient (Wildman–Crippen LogP) is 0.551. The summed E-state index contributed by atoms with van der Waals surface area (Å²) in [5.74, 6) is 5.31. The van der Waals surface area contributed by atoms with Gasteiger partial charge in [0.05, 0.1) is 13.2 Å². The number of carbonyl (C=O) groups is 1. The molecule has 3 heteroatoms. The maximum Gasteiger partial charge on any atom is 0.322 e. The van der Waals surface area contributed by atoms with Crippen molar-refractivity contribution < 1.29 is 9.53 Å². The molecule has 0 aliphatic heterocycles. The Kier molecular flexibility index (Phi) is 6.12. The van der Waals surface area contributed by atoms with Crippen molar-refractivity contribution in [3.63, 3.8) is 0 Å². The number of hydrogen-bond donors (Lipinski definition) is 1. The van der Waals surface area contributed by atoms with E-state index in [0.717, 1.165) is 0 Å². The van der Waals surface area contributed by atoms with Gasteiger partial charge in [0.1, 0.15) is 6.04 Å². The van der Waals surface area contributed by atoms with E-state index >= 15 is 0 Å². The zero-order chi connectivity index (χ0) is 9.40. The third-order valence-electron chi connectivity index (χ3n) is 1.31. The smallest absolute Gasteiger partial charge is 0.322 e. The fraction of sp³-hybridized carbons (Fsp3) is 0.667. The van der Waals surface area contributed by atoms with Crippen LogP contribution in [0.4, 0.5) is 0 Å². The molecule has 0 aromatic carbocycles. The second kappa shape index (κ2) is 6.68. The minimum atomic E-state index is -0.272. The summed E-state index contributed by atoms with van der Waals surface area (Å²) in [6.07, 6.45) is 0. The molecule has 0 saturated heterocycles. The highest BCUT2D eigenvalue weighted by molar-refractivity contribution is 5.75. The second-order valence-electron chi connectivity index (χ2n) is 2.28. The Bertz CT molecular complexity index is 190. The SMILES string of the molecule is CC#CCNC(C)C(=O)OCC. The van der Waals surface area contributed by atoms with Gasteiger partial charge in [-0.1, -0.05) is 5.92 Å². The van der Waals surface area contributed by atoms with E-state index in [1.807, 2.05) is 0 Å². The Balaban J connectivity index is 3.61. The lowest BCUT2D eigenvalue weighted by Gasteiger charge is -2.09. The van der Waals surface area contributed by atoms with Crippen LogP contribution in [0, 0.1) is 11.8 Å². The molecule has 0 saturated carbocycles. The molecule has 0 aromatic rings. The van der Waals surface area contributed by atoms with Crippen LogP contribution in [0.3, 0.4) is 0 Å². The van der Waals surface area contributed by atoms with Gasteiger partial charge in [-0.3, -0.25) is 10.1 Å². The minimum Gasteiger partial charge on any atom is -0.465 e. The first-order chi connectivity index (χ1) is 5.72. The van der Waals surface area contributed by atoms with E-state index < -0.39 is 0 Å². The first-order valence-electron chi connectivity index (χ1n) is 4.02. The molecule has 0 aromatic heterocycles. The molecule has 0 bridgehead atoms. The van der Waals surface area contributed by atoms with Gasteiger partial charge in [-0.2, -0.15) is 0 Å². The molecule has 0 amide bonds. The van der Waals surface area contributed by atoms with E-state index in [9.17, 15) is 4.79 Å². The van der Waals surface area contributed by atoms with Gasteiger partial charge in [-0.05, 0) is 20.8 Å². The van der Waals surface area contributed by atoms with Gasteiger partial charge in [0.25, 0.3) is 0 Å². The highest BCUT2D eigenvalue weighted by Gasteiger charge is 2.11. The summed E-state index contributed by atoms with van der Waals surface area (Å²) in [6.45, 7) is 6.25. The lowest BCUT2D eigenvalue weighted by molar-refractivity contribution is -0.145. The van der Waals surface area contributed by atoms with Crippen molar-refractivity contribution in [2.24, 2.45) is 0 Å². The summed E-state index contributed by atoms with van der Waals surface area (Å²) in [5, 5.41) is 2.92. The topological polar surface area (TPSA) is 38.3 Å². The first-order valence-corrected chi connectivity index (χ1v) is 4.02. The Hall–Kier alpha value is -1.01. The summed E-state index contributed by atoms with van der Waals surface area (Å²) in [4.78, 5) is 11.0. The van der Waals surface area contributed by atoms with Crippen LogP contribution in [0.2, 0.25) is 0 Å². The third kappa shape index (κ3) is 4.75. The number of hydrogen-bond acceptors (Lipinski definition) is 3. The minimum absolute atomic E-state index is 0.226. The monoisotopic (exact) mass is 169 g/mol. The van der Waals surface area contributed by atoms with Gasteiger partial charge in [0, 0.05) is 0 Å². The normalized spacial score (nSPS) is 11.2. The quantitative estimate of drug-likeness (QED) is 0.493. The lowest BCUT2D eigenvalue weighted by atomic mass is 10.3. The van der Waals surface area contributed by atoms with Crippen molar-refractivity contribution in [2.75, 3.05) is 13.2 Å². The number of esters is 1. The fourth-order valence-corrected chi connectivity index (χ4v) is 0.643. The van der Waals surface area contributed by atoms with Gasteiger partial charge < -0.3 is 4.74 Å². The van der Waals surface area contributed by atoms with Crippen LogP contribution in [-0.4, -0.2) is 25.2 Å². The molecule has 0 spiro atoms. The van der Waals surface area contributed by atoms with Crippen LogP contribution in [0.1, 0.15) is 20.8 Å². The largest absolute Gasteiger partial charge is 0.465 e. The molecule has 0 aliphatic carbocycles. The molecule has 1 N–H and O–H groups in total. The van der Waals surface area contributed by atoms with Crippen molar-refractivity contribution in [3.8, 4) is 11.8 Å². The summed E-state index contributed by atoms with van der Waals surface area (Å²) in [7, 11) is 0. The van der Waals surface area contributed by atoms with Gasteiger partial charge in [0.2, 0.25) is 0 Å². The van der Waals surface area contributed by atoms with E-state index in [4.69, 9.17) is 4.74 Å². The molecule has 0 fully saturated rings. The Morgan fingerprint density at radius 3 is 2.83 bits per heavy atom. The van der Waals surface area contributed by atoms with E-state index in [1.54, 1.807) is 20.8 Å². The van der Waals surface area contributed by atoms with Gasteiger partial charge in [-0.25, -0.2) is 0 Å². The molecular weight excluding hydrogens is 154 g/mol. The molecule has 1 atom stereocenters. The average Bonchev–Trinajstić information content (AvgIpc) is 2.05. The van der Waals surface area contributed by atoms with Gasteiger partial charge >= 0.3 is 5.97 Å². The molecule has 0 aliphatic rings. The molecule has 0 heterocycles. The molecule has 12 heavy (non-hydrogen) atoms. The molecule has 0 rings (SSSR count). The molecule has 3 nitrogen and oxygen atoms in total. The van der Waals surface area contributed by atoms with Crippen LogP contribution in [-0.2, 0) is 9.53 Å². The first kappa shape index (κ1) is 11.0. The maximum absolute atomic E-state index is 11.0.